The van der Waals surface area contributed by atoms with E-state index in [1.807, 2.05) is 13.8 Å². The van der Waals surface area contributed by atoms with E-state index in [0.717, 1.165) is 48.5 Å². The first-order chi connectivity index (χ1) is 52.3. The van der Waals surface area contributed by atoms with Gasteiger partial charge in [-0.2, -0.15) is 0 Å². The third-order valence-corrected chi connectivity index (χ3v) is 20.7. The fourth-order valence-electron chi connectivity index (χ4n) is 14.3. The van der Waals surface area contributed by atoms with Crippen molar-refractivity contribution >= 4 is 70.5 Å². The van der Waals surface area contributed by atoms with E-state index in [4.69, 9.17) is 78.3 Å². The number of ether oxygens (including phenoxy) is 8. The van der Waals surface area contributed by atoms with Crippen LogP contribution in [0.1, 0.15) is 125 Å². The van der Waals surface area contributed by atoms with Crippen molar-refractivity contribution in [2.75, 3.05) is 13.7 Å². The van der Waals surface area contributed by atoms with Crippen LogP contribution in [0.2, 0.25) is 10.0 Å². The van der Waals surface area contributed by atoms with E-state index in [1.165, 1.54) is 65.1 Å². The summed E-state index contributed by atoms with van der Waals surface area (Å²) in [7, 11) is 1.47. The first-order valence-corrected chi connectivity index (χ1v) is 36.1. The number of likely N-dealkylation sites (N-methyl/N-ethyl adjacent to an activating group) is 1. The lowest BCUT2D eigenvalue weighted by Crippen LogP contribution is -2.64. The number of aliphatic carboxylic acids is 1. The maximum Gasteiger partial charge on any atom is 0.330 e. The van der Waals surface area contributed by atoms with Gasteiger partial charge in [0.25, 0.3) is 0 Å². The average Bonchev–Trinajstić information content (AvgIpc) is 0.763. The van der Waals surface area contributed by atoms with Crippen LogP contribution in [0.4, 0.5) is 0 Å². The fraction of sp³-hybridized carbons (Fsp3) is 0.479. The van der Waals surface area contributed by atoms with Crippen molar-refractivity contribution in [3.63, 3.8) is 0 Å². The molecule has 3 saturated heterocycles. The molecule has 13 rings (SSSR count). The van der Waals surface area contributed by atoms with Crippen molar-refractivity contribution < 1.29 is 127 Å². The van der Waals surface area contributed by atoms with Crippen molar-refractivity contribution in [2.45, 2.75) is 201 Å². The number of aliphatic hydroxyl groups excluding tert-OH is 6. The summed E-state index contributed by atoms with van der Waals surface area (Å²) >= 11 is 14.5. The summed E-state index contributed by atoms with van der Waals surface area (Å²) in [6, 6.07) is -0.452. The number of nitrogens with two attached hydrogens (primary N) is 3. The highest BCUT2D eigenvalue weighted by molar-refractivity contribution is 6.32. The number of carbonyl (C=O) groups excluding carboxylic acids is 7. The zero-order chi connectivity index (χ0) is 80.9. The lowest BCUT2D eigenvalue weighted by atomic mass is 9.86. The molecule has 36 nitrogen and oxygen atoms in total. The maximum absolute atomic E-state index is 16.4. The Morgan fingerprint density at radius 3 is 1.79 bits per heavy atom. The Bertz CT molecular complexity index is 4420. The molecule has 11 bridgehead atoms. The van der Waals surface area contributed by atoms with E-state index in [-0.39, 0.29) is 52.6 Å². The molecule has 5 aromatic carbocycles. The van der Waals surface area contributed by atoms with Gasteiger partial charge in [-0.25, -0.2) is 4.79 Å². The van der Waals surface area contributed by atoms with Crippen LogP contribution in [0.5, 0.6) is 46.0 Å². The Morgan fingerprint density at radius 2 is 1.23 bits per heavy atom. The predicted octanol–water partition coefficient (Wildman–Crippen LogP) is 0.344. The highest BCUT2D eigenvalue weighted by atomic mass is 35.5. The van der Waals surface area contributed by atoms with Gasteiger partial charge in [-0.3, -0.25) is 33.6 Å². The number of hydrogen-bond donors (Lipinski definition) is 20. The Balaban J connectivity index is 1.19. The Kier molecular flexibility index (Phi) is 24.7. The van der Waals surface area contributed by atoms with Crippen LogP contribution in [0.25, 0.3) is 11.1 Å². The van der Waals surface area contributed by atoms with Gasteiger partial charge < -0.3 is 143 Å². The number of amides is 7. The number of primary amides is 1. The molecule has 0 aliphatic carbocycles. The number of aromatic hydroxyl groups is 3. The second-order valence-corrected chi connectivity index (χ2v) is 30.1. The normalized spacial score (nSPS) is 32.1. The SMILES string of the molecule is CN[C@H](CC(C)C)C(=O)N[C@H]1C(=O)N[C@@H](CC(N)=O)C(=O)N[C@H]2C(=O)N[C@H]3C(=O)N[C@H](C(=O)N[C@H](C(=O)O)c4cc(O)cc(O)c4-c4cc3ccc4O)[C@H](O[C@H]3C[C@](C)(N)[C@@H](O)[C@H](C)O3)c3ccc(c(Cl)c3)Oc3cc2cc(c3O[C@@H]2O[C@H](CO)[C@@H](O)[C@H](O)[C@H]2O[C@H]2C[C@](C)(N)[C@@H](O)[C@H](C)O2)Oc2ccc(cc2Cl)[C@H]1O. The number of hydrogen-bond acceptors (Lipinski definition) is 28. The summed E-state index contributed by atoms with van der Waals surface area (Å²) in [5.41, 5.74) is 13.3. The van der Waals surface area contributed by atoms with Gasteiger partial charge in [0, 0.05) is 46.7 Å². The van der Waals surface area contributed by atoms with Crippen molar-refractivity contribution in [3.05, 3.63) is 117 Å². The molecule has 23 N–H and O–H groups in total. The van der Waals surface area contributed by atoms with Gasteiger partial charge in [0.05, 0.1) is 53.5 Å². The Hall–Kier alpha value is -9.32. The number of nitrogens with one attached hydrogen (secondary N) is 7. The van der Waals surface area contributed by atoms with Gasteiger partial charge in [-0.05, 0) is 124 Å². The number of rotatable bonds is 15. The molecule has 8 aliphatic rings. The highest BCUT2D eigenvalue weighted by Gasteiger charge is 2.52. The third-order valence-electron chi connectivity index (χ3n) is 20.1. The molecule has 22 atom stereocenters. The predicted molar refractivity (Wildman–Crippen MR) is 386 cm³/mol. The van der Waals surface area contributed by atoms with Crippen molar-refractivity contribution in [3.8, 4) is 57.1 Å². The summed E-state index contributed by atoms with van der Waals surface area (Å²) in [5.74, 6) is -16.1. The van der Waals surface area contributed by atoms with Crippen LogP contribution in [0.15, 0.2) is 78.9 Å². The van der Waals surface area contributed by atoms with Crippen molar-refractivity contribution in [1.29, 1.82) is 0 Å². The molecule has 5 aromatic rings. The molecule has 0 spiro atoms. The molecule has 0 saturated carbocycles. The summed E-state index contributed by atoms with van der Waals surface area (Å²) in [5, 5.41) is 131. The van der Waals surface area contributed by atoms with Crippen LogP contribution in [-0.4, -0.2) is 215 Å². The molecular formula is C73H88Cl2N10O26. The Morgan fingerprint density at radius 1 is 0.658 bits per heavy atom. The minimum atomic E-state index is -2.38. The third kappa shape index (κ3) is 17.7. The van der Waals surface area contributed by atoms with Crippen LogP contribution in [0.3, 0.4) is 0 Å². The summed E-state index contributed by atoms with van der Waals surface area (Å²) in [6.07, 6.45) is -22.8. The second-order valence-electron chi connectivity index (χ2n) is 29.3. The van der Waals surface area contributed by atoms with Crippen LogP contribution < -0.4 is 68.6 Å². The van der Waals surface area contributed by atoms with Gasteiger partial charge in [0.2, 0.25) is 53.4 Å². The number of aliphatic hydroxyl groups is 6. The summed E-state index contributed by atoms with van der Waals surface area (Å²) in [6.45, 7) is 8.58. The average molecular weight is 1590 g/mol. The number of carboxylic acids is 1. The van der Waals surface area contributed by atoms with Gasteiger partial charge in [0.1, 0.15) is 89.5 Å². The quantitative estimate of drug-likeness (QED) is 0.0672. The van der Waals surface area contributed by atoms with E-state index in [9.17, 15) is 70.2 Å². The fourth-order valence-corrected chi connectivity index (χ4v) is 14.7. The maximum atomic E-state index is 16.4. The van der Waals surface area contributed by atoms with Crippen molar-refractivity contribution in [2.24, 2.45) is 23.1 Å². The number of carbonyl (C=O) groups is 8. The van der Waals surface area contributed by atoms with Gasteiger partial charge >= 0.3 is 5.97 Å². The van der Waals surface area contributed by atoms with E-state index < -0.39 is 261 Å². The van der Waals surface area contributed by atoms with Crippen LogP contribution in [-0.2, 0) is 62.0 Å². The van der Waals surface area contributed by atoms with E-state index in [1.54, 1.807) is 0 Å². The molecule has 8 heterocycles. The number of phenols is 3. The lowest BCUT2D eigenvalue weighted by Gasteiger charge is -2.47. The summed E-state index contributed by atoms with van der Waals surface area (Å²) in [4.78, 5) is 120. The molecule has 0 unspecified atom stereocenters. The first kappa shape index (κ1) is 82.6. The zero-order valence-electron chi connectivity index (χ0n) is 60.7. The van der Waals surface area contributed by atoms with E-state index in [2.05, 4.69) is 37.2 Å². The molecule has 3 fully saturated rings. The second kappa shape index (κ2) is 33.2. The van der Waals surface area contributed by atoms with E-state index in [0.29, 0.717) is 0 Å². The lowest BCUT2D eigenvalue weighted by molar-refractivity contribution is -0.333. The molecule has 0 radical (unpaired) electrons. The molecule has 38 heteroatoms. The molecule has 7 amide bonds. The molecular weight excluding hydrogens is 1500 g/mol. The van der Waals surface area contributed by atoms with Crippen LogP contribution >= 0.6 is 23.2 Å². The number of fused-ring (bicyclic) bond motifs is 15. The van der Waals surface area contributed by atoms with E-state index >= 15 is 19.2 Å². The first-order valence-electron chi connectivity index (χ1n) is 35.3. The van der Waals surface area contributed by atoms with Gasteiger partial charge in [-0.15, -0.1) is 0 Å². The minimum Gasteiger partial charge on any atom is -0.508 e. The molecule has 111 heavy (non-hydrogen) atoms. The largest absolute Gasteiger partial charge is 0.508 e. The minimum absolute atomic E-state index is 0.110. The molecule has 600 valence electrons. The van der Waals surface area contributed by atoms with Crippen LogP contribution in [0, 0.1) is 5.92 Å². The standard InChI is InChI=1S/C73H88Cl2N10O26/c1-26(2)14-38(79-7)64(96)84-54-56(91)30-9-12-42(36(74)16-30)106-44-18-32-19-45(60(44)111-71-61(58(93)57(92)46(25-86)108-71)110-49-24-73(6,78)63(95)28(4)105-49)107-43-13-10-31(17-37(43)75)59(109-48-23-72(5,77)62(94)27(3)104-48)55-69(101)83-53(70(102)103)35-20-33(87)21-41(89)50(35)34-15-29(8-11-40(34)88)51(66(98)85-55)82-67(99)52(32)81-65(97)39(22-47(76)90)80-68(54)100/h8-13,15-21,26-28,38-39,46,48-49,51-59,61-63,71,79,86-89,91-95H,14,22-25,77-78H2,1-7H3,(H2,76,90)(H,80,100)(H,81,97)(H,82,99)(H,83,101)(H,84,96)(H,85,98)(H,102,103)/t27-,28-,38+,39-,46+,48-,49-,51+,52+,53-,54+,55-,56+,57+,58-,59+,61+,62-,63-,71-,72-,73-/m0/s1. The Labute approximate surface area is 643 Å². The van der Waals surface area contributed by atoms with Crippen molar-refractivity contribution in [1.82, 2.24) is 37.2 Å². The zero-order valence-corrected chi connectivity index (χ0v) is 62.2. The van der Waals surface area contributed by atoms with Gasteiger partial charge in [-0.1, -0.05) is 55.2 Å². The van der Waals surface area contributed by atoms with Gasteiger partial charge in [0.15, 0.2) is 36.2 Å². The monoisotopic (exact) mass is 1590 g/mol. The number of halogens is 2. The topological polar surface area (TPSA) is 575 Å². The molecule has 8 aliphatic heterocycles. The smallest absolute Gasteiger partial charge is 0.330 e. The summed E-state index contributed by atoms with van der Waals surface area (Å²) < 4.78 is 51.7. The number of phenolic OH excluding ortho intramolecular Hbond substituents is 3. The number of benzene rings is 5. The molecule has 0 aromatic heterocycles. The number of carboxylic acid groups (broad SMARTS) is 1. The highest BCUT2D eigenvalue weighted by Crippen LogP contribution is 2.50.